The molecule has 0 aromatic heterocycles. The summed E-state index contributed by atoms with van der Waals surface area (Å²) >= 11 is 3.23. The standard InChI is InChI=1S/C15H7BrF3NO2/c16-10-4-1-8(2-5-10)13-14(21)11-7-9(15(17,18)19)3-6-12(11)20(13)22/h1-7H. The summed E-state index contributed by atoms with van der Waals surface area (Å²) in [5.74, 6) is -0.710. The molecule has 0 N–H and O–H groups in total. The molecule has 0 unspecified atom stereocenters. The quantitative estimate of drug-likeness (QED) is 0.555. The van der Waals surface area contributed by atoms with Crippen LogP contribution in [0, 0.1) is 5.21 Å². The lowest BCUT2D eigenvalue weighted by Crippen LogP contribution is -2.16. The summed E-state index contributed by atoms with van der Waals surface area (Å²) in [5.41, 5.74) is -1.08. The van der Waals surface area contributed by atoms with Crippen LogP contribution in [0.25, 0.3) is 0 Å². The normalized spacial score (nSPS) is 14.5. The number of halogens is 4. The van der Waals surface area contributed by atoms with Crippen molar-refractivity contribution in [3.05, 3.63) is 68.8 Å². The third-order valence-corrected chi connectivity index (χ3v) is 3.85. The minimum absolute atomic E-state index is 0.0732. The number of nitrogens with zero attached hydrogens (tertiary/aromatic N) is 1. The fourth-order valence-electron chi connectivity index (χ4n) is 2.27. The molecule has 1 aliphatic rings. The maximum absolute atomic E-state index is 12.7. The van der Waals surface area contributed by atoms with Gasteiger partial charge in [-0.15, -0.1) is 0 Å². The highest BCUT2D eigenvalue weighted by Crippen LogP contribution is 2.35. The number of ketones is 1. The van der Waals surface area contributed by atoms with E-state index in [2.05, 4.69) is 15.9 Å². The largest absolute Gasteiger partial charge is 0.618 e. The topological polar surface area (TPSA) is 43.1 Å². The molecule has 0 spiro atoms. The molecule has 0 amide bonds. The van der Waals surface area contributed by atoms with Crippen LogP contribution >= 0.6 is 15.9 Å². The van der Waals surface area contributed by atoms with Crippen LogP contribution < -0.4 is 0 Å². The van der Waals surface area contributed by atoms with Crippen molar-refractivity contribution < 1.29 is 22.7 Å². The summed E-state index contributed by atoms with van der Waals surface area (Å²) < 4.78 is 39.3. The molecule has 3 nitrogen and oxygen atoms in total. The summed E-state index contributed by atoms with van der Waals surface area (Å²) in [5, 5.41) is 12.2. The van der Waals surface area contributed by atoms with Gasteiger partial charge in [-0.2, -0.15) is 17.9 Å². The van der Waals surface area contributed by atoms with E-state index in [1.54, 1.807) is 24.3 Å². The Morgan fingerprint density at radius 2 is 1.68 bits per heavy atom. The van der Waals surface area contributed by atoms with Crippen molar-refractivity contribution in [3.8, 4) is 0 Å². The second-order valence-corrected chi connectivity index (χ2v) is 5.62. The van der Waals surface area contributed by atoms with Gasteiger partial charge in [-0.1, -0.05) is 15.9 Å². The second-order valence-electron chi connectivity index (χ2n) is 4.71. The molecule has 22 heavy (non-hydrogen) atoms. The Labute approximate surface area is 131 Å². The number of fused-ring (bicyclic) bond motifs is 1. The Kier molecular flexibility index (Phi) is 3.32. The van der Waals surface area contributed by atoms with Gasteiger partial charge in [0, 0.05) is 10.5 Å². The first-order valence-corrected chi connectivity index (χ1v) is 6.94. The Balaban J connectivity index is 2.11. The Morgan fingerprint density at radius 3 is 2.27 bits per heavy atom. The third-order valence-electron chi connectivity index (χ3n) is 3.32. The number of alkyl halides is 3. The van der Waals surface area contributed by atoms with Crippen LogP contribution in [0.3, 0.4) is 0 Å². The van der Waals surface area contributed by atoms with Crippen LogP contribution in [0.15, 0.2) is 46.9 Å². The number of hydrogen-bond acceptors (Lipinski definition) is 2. The lowest BCUT2D eigenvalue weighted by molar-refractivity contribution is -0.355. The molecule has 112 valence electrons. The molecule has 1 heterocycles. The molecule has 0 radical (unpaired) electrons. The lowest BCUT2D eigenvalue weighted by atomic mass is 10.0. The molecule has 0 fully saturated rings. The van der Waals surface area contributed by atoms with Gasteiger partial charge in [0.05, 0.1) is 11.1 Å². The van der Waals surface area contributed by atoms with Crippen molar-refractivity contribution in [2.24, 2.45) is 0 Å². The molecular formula is C15H7BrF3NO2. The van der Waals surface area contributed by atoms with Crippen LogP contribution in [-0.2, 0) is 6.18 Å². The molecule has 0 aliphatic carbocycles. The molecule has 3 rings (SSSR count). The van der Waals surface area contributed by atoms with E-state index >= 15 is 0 Å². The molecule has 2 aromatic rings. The predicted octanol–water partition coefficient (Wildman–Crippen LogP) is 4.30. The van der Waals surface area contributed by atoms with Gasteiger partial charge in [0.15, 0.2) is 0 Å². The van der Waals surface area contributed by atoms with Crippen LogP contribution in [0.5, 0.6) is 0 Å². The van der Waals surface area contributed by atoms with Crippen LogP contribution in [0.4, 0.5) is 18.9 Å². The van der Waals surface area contributed by atoms with Gasteiger partial charge in [-0.3, -0.25) is 4.79 Å². The summed E-state index contributed by atoms with van der Waals surface area (Å²) in [7, 11) is 0. The molecule has 0 atom stereocenters. The monoisotopic (exact) mass is 369 g/mol. The zero-order valence-electron chi connectivity index (χ0n) is 10.8. The molecule has 1 aliphatic heterocycles. The fourth-order valence-corrected chi connectivity index (χ4v) is 2.53. The maximum Gasteiger partial charge on any atom is 0.416 e. The second kappa shape index (κ2) is 4.95. The first-order chi connectivity index (χ1) is 10.3. The highest BCUT2D eigenvalue weighted by Gasteiger charge is 2.39. The number of carbonyl (C=O) groups is 1. The molecular weight excluding hydrogens is 363 g/mol. The minimum Gasteiger partial charge on any atom is -0.618 e. The average Bonchev–Trinajstić information content (AvgIpc) is 2.71. The van der Waals surface area contributed by atoms with Crippen molar-refractivity contribution >= 4 is 33.1 Å². The maximum atomic E-state index is 12.7. The number of carbonyl (C=O) groups excluding carboxylic acids is 1. The number of benzene rings is 2. The van der Waals surface area contributed by atoms with Crippen LogP contribution in [0.1, 0.15) is 21.5 Å². The van der Waals surface area contributed by atoms with E-state index in [4.69, 9.17) is 0 Å². The molecule has 0 saturated carbocycles. The van der Waals surface area contributed by atoms with Gasteiger partial charge in [0.2, 0.25) is 5.69 Å². The smallest absolute Gasteiger partial charge is 0.416 e. The number of Topliss-reactive ketones (excluding diaryl/α,β-unsaturated/α-hetero) is 1. The zero-order chi connectivity index (χ0) is 16.1. The van der Waals surface area contributed by atoms with Crippen molar-refractivity contribution in [1.82, 2.24) is 0 Å². The predicted molar refractivity (Wildman–Crippen MR) is 77.3 cm³/mol. The first kappa shape index (κ1) is 14.8. The van der Waals surface area contributed by atoms with E-state index in [0.717, 1.165) is 16.6 Å². The van der Waals surface area contributed by atoms with Gasteiger partial charge in [0.1, 0.15) is 5.56 Å². The highest BCUT2D eigenvalue weighted by molar-refractivity contribution is 9.10. The summed E-state index contributed by atoms with van der Waals surface area (Å²) in [6, 6.07) is 8.93. The number of hydrogen-bond donors (Lipinski definition) is 0. The zero-order valence-corrected chi connectivity index (χ0v) is 12.4. The fraction of sp³-hybridized carbons (Fsp3) is 0.0667. The molecule has 0 bridgehead atoms. The van der Waals surface area contributed by atoms with Gasteiger partial charge < -0.3 is 5.21 Å². The van der Waals surface area contributed by atoms with E-state index in [1.807, 2.05) is 0 Å². The first-order valence-electron chi connectivity index (χ1n) is 6.15. The molecule has 2 aromatic carbocycles. The SMILES string of the molecule is O=C1C(c2ccc(Br)cc2)=[N+]([O-])c2ccc(C(F)(F)F)cc21. The van der Waals surface area contributed by atoms with E-state index in [-0.39, 0.29) is 17.0 Å². The van der Waals surface area contributed by atoms with Crippen molar-refractivity contribution in [3.63, 3.8) is 0 Å². The van der Waals surface area contributed by atoms with Gasteiger partial charge in [-0.05, 0) is 36.4 Å². The third kappa shape index (κ3) is 2.31. The van der Waals surface area contributed by atoms with Gasteiger partial charge in [0.25, 0.3) is 11.5 Å². The van der Waals surface area contributed by atoms with E-state index in [0.29, 0.717) is 16.4 Å². The summed E-state index contributed by atoms with van der Waals surface area (Å²) in [6.45, 7) is 0. The Hall–Kier alpha value is -2.15. The summed E-state index contributed by atoms with van der Waals surface area (Å²) in [4.78, 5) is 12.3. The lowest BCUT2D eigenvalue weighted by Gasteiger charge is -2.06. The minimum atomic E-state index is -4.57. The van der Waals surface area contributed by atoms with Crippen molar-refractivity contribution in [1.29, 1.82) is 0 Å². The van der Waals surface area contributed by atoms with Gasteiger partial charge in [-0.25, -0.2) is 0 Å². The molecule has 0 saturated heterocycles. The van der Waals surface area contributed by atoms with E-state index in [9.17, 15) is 23.2 Å². The van der Waals surface area contributed by atoms with Crippen LogP contribution in [0.2, 0.25) is 0 Å². The van der Waals surface area contributed by atoms with Crippen LogP contribution in [-0.4, -0.2) is 16.2 Å². The highest BCUT2D eigenvalue weighted by atomic mass is 79.9. The summed E-state index contributed by atoms with van der Waals surface area (Å²) in [6.07, 6.45) is -4.57. The Morgan fingerprint density at radius 1 is 1.05 bits per heavy atom. The van der Waals surface area contributed by atoms with Crippen molar-refractivity contribution in [2.75, 3.05) is 0 Å². The van der Waals surface area contributed by atoms with E-state index < -0.39 is 17.5 Å². The molecule has 7 heteroatoms. The van der Waals surface area contributed by atoms with Gasteiger partial charge >= 0.3 is 6.18 Å². The average molecular weight is 370 g/mol. The van der Waals surface area contributed by atoms with E-state index in [1.165, 1.54) is 0 Å². The van der Waals surface area contributed by atoms with Crippen molar-refractivity contribution in [2.45, 2.75) is 6.18 Å². The number of rotatable bonds is 1. The Bertz CT molecular complexity index is 811.